The Labute approximate surface area is 119 Å². The molecule has 2 heterocycles. The van der Waals surface area contributed by atoms with E-state index >= 15 is 0 Å². The lowest BCUT2D eigenvalue weighted by atomic mass is 10.2. The van der Waals surface area contributed by atoms with E-state index in [0.29, 0.717) is 21.5 Å². The molecule has 3 rings (SSSR count). The van der Waals surface area contributed by atoms with E-state index in [9.17, 15) is 0 Å². The summed E-state index contributed by atoms with van der Waals surface area (Å²) in [7, 11) is 1.82. The van der Waals surface area contributed by atoms with Gasteiger partial charge in [0.15, 0.2) is 5.65 Å². The molecule has 0 fully saturated rings. The third-order valence-electron chi connectivity index (χ3n) is 2.79. The molecule has 0 atom stereocenters. The number of hydrogen-bond acceptors (Lipinski definition) is 3. The summed E-state index contributed by atoms with van der Waals surface area (Å²) in [6.45, 7) is 0. The number of benzene rings is 1. The predicted octanol–water partition coefficient (Wildman–Crippen LogP) is 3.97. The van der Waals surface area contributed by atoms with Crippen molar-refractivity contribution >= 4 is 40.2 Å². The topological polar surface area (TPSA) is 53.6 Å². The van der Waals surface area contributed by atoms with Crippen molar-refractivity contribution < 1.29 is 0 Å². The highest BCUT2D eigenvalue weighted by molar-refractivity contribution is 6.35. The molecule has 6 heteroatoms. The first-order valence-electron chi connectivity index (χ1n) is 5.67. The van der Waals surface area contributed by atoms with Crippen molar-refractivity contribution in [2.24, 2.45) is 0 Å². The van der Waals surface area contributed by atoms with Gasteiger partial charge < -0.3 is 10.3 Å². The SMILES string of the molecule is CNc1ccc2[nH]c(-c3cc(Cl)ccc3Cl)nc2n1. The molecule has 2 aromatic heterocycles. The van der Waals surface area contributed by atoms with Crippen molar-refractivity contribution in [1.29, 1.82) is 0 Å². The first-order valence-corrected chi connectivity index (χ1v) is 6.43. The molecule has 96 valence electrons. The zero-order valence-corrected chi connectivity index (χ0v) is 11.5. The van der Waals surface area contributed by atoms with Gasteiger partial charge in [-0.15, -0.1) is 0 Å². The number of nitrogens with one attached hydrogen (secondary N) is 2. The maximum Gasteiger partial charge on any atom is 0.180 e. The fraction of sp³-hybridized carbons (Fsp3) is 0.0769. The number of H-pyrrole nitrogens is 1. The highest BCUT2D eigenvalue weighted by atomic mass is 35.5. The lowest BCUT2D eigenvalue weighted by Crippen LogP contribution is -1.91. The maximum absolute atomic E-state index is 6.17. The molecule has 0 saturated heterocycles. The summed E-state index contributed by atoms with van der Waals surface area (Å²) >= 11 is 12.2. The van der Waals surface area contributed by atoms with Gasteiger partial charge in [-0.1, -0.05) is 23.2 Å². The van der Waals surface area contributed by atoms with Gasteiger partial charge in [-0.05, 0) is 30.3 Å². The molecule has 19 heavy (non-hydrogen) atoms. The lowest BCUT2D eigenvalue weighted by molar-refractivity contribution is 1.28. The van der Waals surface area contributed by atoms with Gasteiger partial charge in [-0.2, -0.15) is 0 Å². The van der Waals surface area contributed by atoms with Crippen LogP contribution in [0.5, 0.6) is 0 Å². The summed E-state index contributed by atoms with van der Waals surface area (Å²) in [5.74, 6) is 1.42. The summed E-state index contributed by atoms with van der Waals surface area (Å²) in [6.07, 6.45) is 0. The summed E-state index contributed by atoms with van der Waals surface area (Å²) in [6, 6.07) is 9.07. The molecule has 0 saturated carbocycles. The third kappa shape index (κ3) is 2.25. The van der Waals surface area contributed by atoms with Crippen molar-refractivity contribution in [3.05, 3.63) is 40.4 Å². The van der Waals surface area contributed by atoms with Crippen molar-refractivity contribution in [3.8, 4) is 11.4 Å². The Morgan fingerprint density at radius 1 is 1.11 bits per heavy atom. The van der Waals surface area contributed by atoms with Crippen LogP contribution in [0.15, 0.2) is 30.3 Å². The number of aromatic nitrogens is 3. The molecule has 0 unspecified atom stereocenters. The van der Waals surface area contributed by atoms with Crippen LogP contribution < -0.4 is 5.32 Å². The second-order valence-electron chi connectivity index (χ2n) is 4.03. The molecule has 0 aliphatic carbocycles. The first-order chi connectivity index (χ1) is 9.17. The van der Waals surface area contributed by atoms with E-state index in [1.54, 1.807) is 18.2 Å². The molecule has 0 aliphatic heterocycles. The number of aromatic amines is 1. The molecule has 0 spiro atoms. The Kier molecular flexibility index (Phi) is 3.05. The van der Waals surface area contributed by atoms with Crippen LogP contribution in [0.2, 0.25) is 10.0 Å². The molecule has 0 radical (unpaired) electrons. The fourth-order valence-electron chi connectivity index (χ4n) is 1.84. The maximum atomic E-state index is 6.17. The molecule has 0 bridgehead atoms. The van der Waals surface area contributed by atoms with Gasteiger partial charge in [0.25, 0.3) is 0 Å². The Hall–Kier alpha value is -1.78. The predicted molar refractivity (Wildman–Crippen MR) is 78.9 cm³/mol. The normalized spacial score (nSPS) is 10.9. The van der Waals surface area contributed by atoms with Crippen LogP contribution in [0.3, 0.4) is 0 Å². The third-order valence-corrected chi connectivity index (χ3v) is 3.35. The summed E-state index contributed by atoms with van der Waals surface area (Å²) < 4.78 is 0. The summed E-state index contributed by atoms with van der Waals surface area (Å²) in [5.41, 5.74) is 2.25. The Morgan fingerprint density at radius 2 is 1.95 bits per heavy atom. The lowest BCUT2D eigenvalue weighted by Gasteiger charge is -2.00. The van der Waals surface area contributed by atoms with E-state index in [1.165, 1.54) is 0 Å². The van der Waals surface area contributed by atoms with Gasteiger partial charge in [-0.3, -0.25) is 0 Å². The van der Waals surface area contributed by atoms with Crippen LogP contribution in [0.1, 0.15) is 0 Å². The molecule has 3 aromatic rings. The molecular formula is C13H10Cl2N4. The fourth-order valence-corrected chi connectivity index (χ4v) is 2.22. The Bertz CT molecular complexity index is 751. The summed E-state index contributed by atoms with van der Waals surface area (Å²) in [4.78, 5) is 12.0. The Morgan fingerprint density at radius 3 is 2.74 bits per heavy atom. The number of anilines is 1. The minimum atomic E-state index is 0.595. The van der Waals surface area contributed by atoms with E-state index in [-0.39, 0.29) is 0 Å². The van der Waals surface area contributed by atoms with Gasteiger partial charge in [0.05, 0.1) is 10.5 Å². The van der Waals surface area contributed by atoms with Crippen LogP contribution in [0, 0.1) is 0 Å². The second kappa shape index (κ2) is 4.72. The van der Waals surface area contributed by atoms with E-state index in [0.717, 1.165) is 16.9 Å². The average Bonchev–Trinajstić information content (AvgIpc) is 2.83. The standard InChI is InChI=1S/C13H10Cl2N4/c1-16-11-5-4-10-13(18-11)19-12(17-10)8-6-7(14)2-3-9(8)15/h2-6H,1H3,(H2,16,17,18,19). The van der Waals surface area contributed by atoms with Crippen LogP contribution in [0.4, 0.5) is 5.82 Å². The van der Waals surface area contributed by atoms with Crippen molar-refractivity contribution in [3.63, 3.8) is 0 Å². The zero-order valence-electron chi connectivity index (χ0n) is 10.0. The number of imidazole rings is 1. The number of fused-ring (bicyclic) bond motifs is 1. The number of rotatable bonds is 2. The van der Waals surface area contributed by atoms with Crippen LogP contribution in [0.25, 0.3) is 22.6 Å². The van der Waals surface area contributed by atoms with E-state index < -0.39 is 0 Å². The molecule has 1 aromatic carbocycles. The minimum Gasteiger partial charge on any atom is -0.373 e. The quantitative estimate of drug-likeness (QED) is 0.751. The van der Waals surface area contributed by atoms with Crippen LogP contribution >= 0.6 is 23.2 Å². The van der Waals surface area contributed by atoms with E-state index in [4.69, 9.17) is 23.2 Å². The van der Waals surface area contributed by atoms with Gasteiger partial charge in [0, 0.05) is 17.6 Å². The van der Waals surface area contributed by atoms with E-state index in [2.05, 4.69) is 20.3 Å². The largest absolute Gasteiger partial charge is 0.373 e. The Balaban J connectivity index is 2.17. The van der Waals surface area contributed by atoms with Gasteiger partial charge in [0.2, 0.25) is 0 Å². The zero-order chi connectivity index (χ0) is 13.4. The number of nitrogens with zero attached hydrogens (tertiary/aromatic N) is 2. The van der Waals surface area contributed by atoms with Crippen molar-refractivity contribution in [2.45, 2.75) is 0 Å². The molecule has 4 nitrogen and oxygen atoms in total. The number of pyridine rings is 1. The van der Waals surface area contributed by atoms with Gasteiger partial charge in [-0.25, -0.2) is 9.97 Å². The van der Waals surface area contributed by atoms with E-state index in [1.807, 2.05) is 19.2 Å². The first kappa shape index (κ1) is 12.3. The van der Waals surface area contributed by atoms with Crippen LogP contribution in [-0.2, 0) is 0 Å². The minimum absolute atomic E-state index is 0.595. The summed E-state index contributed by atoms with van der Waals surface area (Å²) in [5, 5.41) is 4.19. The van der Waals surface area contributed by atoms with Crippen molar-refractivity contribution in [1.82, 2.24) is 15.0 Å². The number of hydrogen-bond donors (Lipinski definition) is 2. The smallest absolute Gasteiger partial charge is 0.180 e. The molecule has 0 amide bonds. The average molecular weight is 293 g/mol. The highest BCUT2D eigenvalue weighted by Crippen LogP contribution is 2.29. The van der Waals surface area contributed by atoms with Gasteiger partial charge >= 0.3 is 0 Å². The van der Waals surface area contributed by atoms with Crippen molar-refractivity contribution in [2.75, 3.05) is 12.4 Å². The molecular weight excluding hydrogens is 283 g/mol. The van der Waals surface area contributed by atoms with Gasteiger partial charge in [0.1, 0.15) is 11.6 Å². The monoisotopic (exact) mass is 292 g/mol. The number of halogens is 2. The molecule has 0 aliphatic rings. The second-order valence-corrected chi connectivity index (χ2v) is 4.87. The molecule has 2 N–H and O–H groups in total. The van der Waals surface area contributed by atoms with Crippen LogP contribution in [-0.4, -0.2) is 22.0 Å². The highest BCUT2D eigenvalue weighted by Gasteiger charge is 2.10.